The maximum absolute atomic E-state index is 5.03. The molecule has 0 amide bonds. The molecule has 0 aliphatic carbocycles. The Morgan fingerprint density at radius 1 is 1.70 bits per heavy atom. The first-order valence-corrected chi connectivity index (χ1v) is 4.88. The first-order valence-electron chi connectivity index (χ1n) is 3.83. The Morgan fingerprint density at radius 3 is 3.20 bits per heavy atom. The second kappa shape index (κ2) is 4.99. The largest absolute Gasteiger partial charge is 0.302 e. The van der Waals surface area contributed by atoms with Crippen LogP contribution in [0.25, 0.3) is 0 Å². The van der Waals surface area contributed by atoms with Gasteiger partial charge >= 0.3 is 0 Å². The van der Waals surface area contributed by atoms with E-state index in [1.54, 1.807) is 0 Å². The molecule has 1 heterocycles. The normalized spacial score (nSPS) is 25.5. The van der Waals surface area contributed by atoms with E-state index in [4.69, 9.17) is 4.84 Å². The van der Waals surface area contributed by atoms with E-state index in [-0.39, 0.29) is 0 Å². The van der Waals surface area contributed by atoms with Gasteiger partial charge in [0.25, 0.3) is 0 Å². The number of hydrogen-bond acceptors (Lipinski definition) is 3. The molecule has 1 saturated heterocycles. The maximum Gasteiger partial charge on any atom is 0.0692 e. The van der Waals surface area contributed by atoms with Crippen molar-refractivity contribution in [1.82, 2.24) is 5.48 Å². The van der Waals surface area contributed by atoms with Gasteiger partial charge in [0.05, 0.1) is 6.61 Å². The molecule has 1 fully saturated rings. The van der Waals surface area contributed by atoms with Crippen LogP contribution < -0.4 is 5.48 Å². The van der Waals surface area contributed by atoms with Crippen molar-refractivity contribution in [3.8, 4) is 0 Å². The highest BCUT2D eigenvalue weighted by atomic mass is 32.2. The van der Waals surface area contributed by atoms with Crippen LogP contribution in [0.4, 0.5) is 0 Å². The summed E-state index contributed by atoms with van der Waals surface area (Å²) < 4.78 is 0. The fourth-order valence-corrected chi connectivity index (χ4v) is 2.43. The van der Waals surface area contributed by atoms with E-state index in [0.717, 1.165) is 11.9 Å². The molecule has 1 atom stereocenters. The number of rotatable bonds is 4. The minimum absolute atomic E-state index is 0.855. The van der Waals surface area contributed by atoms with E-state index in [2.05, 4.69) is 17.2 Å². The summed E-state index contributed by atoms with van der Waals surface area (Å²) in [4.78, 5) is 5.03. The summed E-state index contributed by atoms with van der Waals surface area (Å²) in [7, 11) is 1.81. The van der Waals surface area contributed by atoms with Gasteiger partial charge in [-0.1, -0.05) is 0 Å². The van der Waals surface area contributed by atoms with Crippen molar-refractivity contribution in [3.05, 3.63) is 0 Å². The standard InChI is InChI=1S/C7H15NOS/c1-8-9-5-4-7-3-2-6-10-7/h7-8H,2-6H2,1H3. The zero-order chi connectivity index (χ0) is 7.23. The molecule has 0 aromatic rings. The summed E-state index contributed by atoms with van der Waals surface area (Å²) in [5, 5.41) is 0.869. The van der Waals surface area contributed by atoms with Crippen molar-refractivity contribution >= 4 is 11.8 Å². The molecule has 1 aliphatic heterocycles. The molecular formula is C7H15NOS. The van der Waals surface area contributed by atoms with Gasteiger partial charge < -0.3 is 4.84 Å². The van der Waals surface area contributed by atoms with Gasteiger partial charge in [-0.3, -0.25) is 0 Å². The maximum atomic E-state index is 5.03. The Balaban J connectivity index is 1.91. The van der Waals surface area contributed by atoms with Crippen LogP contribution in [0.1, 0.15) is 19.3 Å². The minimum Gasteiger partial charge on any atom is -0.302 e. The van der Waals surface area contributed by atoms with E-state index >= 15 is 0 Å². The predicted molar refractivity (Wildman–Crippen MR) is 45.1 cm³/mol. The van der Waals surface area contributed by atoms with Crippen molar-refractivity contribution < 1.29 is 4.84 Å². The van der Waals surface area contributed by atoms with Gasteiger partial charge in [0.1, 0.15) is 0 Å². The third-order valence-electron chi connectivity index (χ3n) is 1.71. The van der Waals surface area contributed by atoms with E-state index in [9.17, 15) is 0 Å². The van der Waals surface area contributed by atoms with Gasteiger partial charge in [-0.15, -0.1) is 0 Å². The fourth-order valence-electron chi connectivity index (χ4n) is 1.16. The average molecular weight is 161 g/mol. The molecule has 0 aromatic heterocycles. The zero-order valence-corrected chi connectivity index (χ0v) is 7.25. The summed E-state index contributed by atoms with van der Waals surface area (Å²) in [5.41, 5.74) is 2.68. The summed E-state index contributed by atoms with van der Waals surface area (Å²) in [5.74, 6) is 1.35. The van der Waals surface area contributed by atoms with Crippen molar-refractivity contribution in [2.75, 3.05) is 19.4 Å². The lowest BCUT2D eigenvalue weighted by atomic mass is 10.2. The van der Waals surface area contributed by atoms with Gasteiger partial charge in [-0.05, 0) is 25.0 Å². The average Bonchev–Trinajstić information content (AvgIpc) is 2.41. The van der Waals surface area contributed by atoms with Crippen molar-refractivity contribution in [3.63, 3.8) is 0 Å². The van der Waals surface area contributed by atoms with Crippen LogP contribution in [-0.2, 0) is 4.84 Å². The third kappa shape index (κ3) is 2.90. The van der Waals surface area contributed by atoms with Crippen LogP contribution in [0, 0.1) is 0 Å². The molecule has 1 aliphatic rings. The molecule has 3 heteroatoms. The molecule has 0 aromatic carbocycles. The fraction of sp³-hybridized carbons (Fsp3) is 1.00. The molecule has 1 unspecified atom stereocenters. The lowest BCUT2D eigenvalue weighted by molar-refractivity contribution is 0.0560. The summed E-state index contributed by atoms with van der Waals surface area (Å²) in [6.45, 7) is 0.855. The topological polar surface area (TPSA) is 21.3 Å². The van der Waals surface area contributed by atoms with Crippen LogP contribution >= 0.6 is 11.8 Å². The lowest BCUT2D eigenvalue weighted by Crippen LogP contribution is -2.11. The van der Waals surface area contributed by atoms with Crippen LogP contribution in [0.2, 0.25) is 0 Å². The first kappa shape index (κ1) is 8.37. The Bertz CT molecular complexity index is 83.7. The second-order valence-corrected chi connectivity index (χ2v) is 3.88. The van der Waals surface area contributed by atoms with Gasteiger partial charge in [0.2, 0.25) is 0 Å². The Kier molecular flexibility index (Phi) is 4.18. The van der Waals surface area contributed by atoms with E-state index < -0.39 is 0 Å². The van der Waals surface area contributed by atoms with Crippen molar-refractivity contribution in [2.24, 2.45) is 0 Å². The number of hydrogen-bond donors (Lipinski definition) is 1. The molecule has 0 spiro atoms. The van der Waals surface area contributed by atoms with Crippen molar-refractivity contribution in [1.29, 1.82) is 0 Å². The smallest absolute Gasteiger partial charge is 0.0692 e. The molecular weight excluding hydrogens is 146 g/mol. The molecule has 10 heavy (non-hydrogen) atoms. The van der Waals surface area contributed by atoms with Crippen LogP contribution in [0.3, 0.4) is 0 Å². The third-order valence-corrected chi connectivity index (χ3v) is 3.18. The number of hydroxylamine groups is 1. The SMILES string of the molecule is CNOCCC1CCCS1. The highest BCUT2D eigenvalue weighted by molar-refractivity contribution is 8.00. The Hall–Kier alpha value is 0.270. The molecule has 1 N–H and O–H groups in total. The van der Waals surface area contributed by atoms with Crippen LogP contribution in [0.5, 0.6) is 0 Å². The Morgan fingerprint density at radius 2 is 2.60 bits per heavy atom. The highest BCUT2D eigenvalue weighted by Crippen LogP contribution is 2.28. The van der Waals surface area contributed by atoms with Crippen molar-refractivity contribution in [2.45, 2.75) is 24.5 Å². The number of nitrogens with one attached hydrogen (secondary N) is 1. The van der Waals surface area contributed by atoms with E-state index in [1.807, 2.05) is 7.05 Å². The summed E-state index contributed by atoms with van der Waals surface area (Å²) in [6.07, 6.45) is 3.98. The van der Waals surface area contributed by atoms with Gasteiger partial charge in [0, 0.05) is 12.3 Å². The molecule has 0 radical (unpaired) electrons. The monoisotopic (exact) mass is 161 g/mol. The predicted octanol–water partition coefficient (Wildman–Crippen LogP) is 1.42. The lowest BCUT2D eigenvalue weighted by Gasteiger charge is -2.06. The second-order valence-electron chi connectivity index (χ2n) is 2.48. The molecule has 0 bridgehead atoms. The van der Waals surface area contributed by atoms with Crippen LogP contribution in [-0.4, -0.2) is 24.7 Å². The van der Waals surface area contributed by atoms with E-state index in [1.165, 1.54) is 25.0 Å². The molecule has 1 rings (SSSR count). The zero-order valence-electron chi connectivity index (χ0n) is 6.43. The van der Waals surface area contributed by atoms with Gasteiger partial charge in [0.15, 0.2) is 0 Å². The molecule has 60 valence electrons. The molecule has 2 nitrogen and oxygen atoms in total. The van der Waals surface area contributed by atoms with Gasteiger partial charge in [-0.2, -0.15) is 11.8 Å². The highest BCUT2D eigenvalue weighted by Gasteiger charge is 2.14. The van der Waals surface area contributed by atoms with Crippen LogP contribution in [0.15, 0.2) is 0 Å². The summed E-state index contributed by atoms with van der Waals surface area (Å²) >= 11 is 2.09. The first-order chi connectivity index (χ1) is 4.93. The quantitative estimate of drug-likeness (QED) is 0.498. The number of thioether (sulfide) groups is 1. The minimum atomic E-state index is 0.855. The summed E-state index contributed by atoms with van der Waals surface area (Å²) in [6, 6.07) is 0. The molecule has 0 saturated carbocycles. The van der Waals surface area contributed by atoms with Gasteiger partial charge in [-0.25, -0.2) is 5.48 Å². The Labute approximate surface area is 66.7 Å². The van der Waals surface area contributed by atoms with E-state index in [0.29, 0.717) is 0 Å².